The Balaban J connectivity index is 2.37. The summed E-state index contributed by atoms with van der Waals surface area (Å²) >= 11 is 0. The molecular weight excluding hydrogens is 256 g/mol. The summed E-state index contributed by atoms with van der Waals surface area (Å²) in [5.74, 6) is 0.345. The van der Waals surface area contributed by atoms with Gasteiger partial charge in [-0.05, 0) is 58.7 Å². The number of primary amides is 1. The molecule has 116 valence electrons. The van der Waals surface area contributed by atoms with Gasteiger partial charge in [-0.1, -0.05) is 6.92 Å². The summed E-state index contributed by atoms with van der Waals surface area (Å²) in [4.78, 5) is 24.6. The number of carbonyl (C=O) groups excluding carboxylic acids is 2. The fourth-order valence-corrected chi connectivity index (χ4v) is 2.74. The molecule has 0 bridgehead atoms. The Morgan fingerprint density at radius 3 is 2.40 bits per heavy atom. The van der Waals surface area contributed by atoms with Gasteiger partial charge in [0.1, 0.15) is 0 Å². The maximum atomic E-state index is 11.7. The van der Waals surface area contributed by atoms with Crippen molar-refractivity contribution in [2.45, 2.75) is 52.1 Å². The number of nitrogens with two attached hydrogens (primary N) is 1. The molecule has 4 N–H and O–H groups in total. The van der Waals surface area contributed by atoms with E-state index in [9.17, 15) is 9.59 Å². The van der Waals surface area contributed by atoms with Crippen molar-refractivity contribution in [2.75, 3.05) is 19.6 Å². The number of hydrogen-bond acceptors (Lipinski definition) is 4. The minimum atomic E-state index is -0.783. The molecule has 0 aromatic carbocycles. The first-order valence-electron chi connectivity index (χ1n) is 7.53. The molecule has 1 aliphatic rings. The molecule has 0 aromatic rings. The lowest BCUT2D eigenvalue weighted by atomic mass is 9.89. The molecule has 20 heavy (non-hydrogen) atoms. The van der Waals surface area contributed by atoms with Crippen molar-refractivity contribution in [1.29, 1.82) is 0 Å². The third-order valence-corrected chi connectivity index (χ3v) is 4.17. The van der Waals surface area contributed by atoms with Gasteiger partial charge in [0.05, 0.1) is 6.04 Å². The number of nitrogens with zero attached hydrogens (tertiary/aromatic N) is 1. The zero-order valence-corrected chi connectivity index (χ0v) is 12.8. The van der Waals surface area contributed by atoms with E-state index in [0.29, 0.717) is 12.0 Å². The molecular formula is C14H28N4O2. The summed E-state index contributed by atoms with van der Waals surface area (Å²) in [5.41, 5.74) is 4.97. The van der Waals surface area contributed by atoms with Crippen LogP contribution in [0.1, 0.15) is 40.0 Å². The molecule has 1 aliphatic heterocycles. The third-order valence-electron chi connectivity index (χ3n) is 4.17. The first-order chi connectivity index (χ1) is 9.45. The van der Waals surface area contributed by atoms with Crippen LogP contribution in [0, 0.1) is 5.92 Å². The van der Waals surface area contributed by atoms with Gasteiger partial charge in [-0.3, -0.25) is 15.0 Å². The normalized spacial score (nSPS) is 20.4. The van der Waals surface area contributed by atoms with Crippen LogP contribution in [0.2, 0.25) is 0 Å². The number of piperidine rings is 1. The van der Waals surface area contributed by atoms with Crippen LogP contribution in [0.4, 0.5) is 4.79 Å². The number of hydrogen-bond donors (Lipinski definition) is 3. The van der Waals surface area contributed by atoms with Crippen LogP contribution in [0.3, 0.4) is 0 Å². The Labute approximate surface area is 121 Å². The predicted molar refractivity (Wildman–Crippen MR) is 79.2 cm³/mol. The second-order valence-corrected chi connectivity index (χ2v) is 5.65. The second kappa shape index (κ2) is 8.21. The van der Waals surface area contributed by atoms with Gasteiger partial charge in [0.2, 0.25) is 5.91 Å². The average Bonchev–Trinajstić information content (AvgIpc) is 2.43. The molecule has 1 heterocycles. The first-order valence-corrected chi connectivity index (χ1v) is 7.53. The fourth-order valence-electron chi connectivity index (χ4n) is 2.74. The van der Waals surface area contributed by atoms with E-state index in [2.05, 4.69) is 29.4 Å². The highest BCUT2D eigenvalue weighted by atomic mass is 16.2. The van der Waals surface area contributed by atoms with Gasteiger partial charge >= 0.3 is 6.03 Å². The summed E-state index contributed by atoms with van der Waals surface area (Å²) in [5, 5.41) is 5.68. The van der Waals surface area contributed by atoms with Crippen molar-refractivity contribution in [3.63, 3.8) is 0 Å². The molecule has 6 heteroatoms. The van der Waals surface area contributed by atoms with Crippen LogP contribution in [0.25, 0.3) is 0 Å². The van der Waals surface area contributed by atoms with Crippen LogP contribution in [0.5, 0.6) is 0 Å². The molecule has 0 aromatic heterocycles. The van der Waals surface area contributed by atoms with Crippen molar-refractivity contribution in [2.24, 2.45) is 11.7 Å². The Morgan fingerprint density at radius 1 is 1.30 bits per heavy atom. The van der Waals surface area contributed by atoms with E-state index in [4.69, 9.17) is 5.73 Å². The van der Waals surface area contributed by atoms with Crippen molar-refractivity contribution in [3.05, 3.63) is 0 Å². The summed E-state index contributed by atoms with van der Waals surface area (Å²) < 4.78 is 0. The van der Waals surface area contributed by atoms with Gasteiger partial charge in [0.15, 0.2) is 0 Å². The van der Waals surface area contributed by atoms with Gasteiger partial charge in [-0.2, -0.15) is 0 Å². The summed E-state index contributed by atoms with van der Waals surface area (Å²) in [6.07, 6.45) is 3.30. The number of urea groups is 1. The molecule has 0 aliphatic carbocycles. The van der Waals surface area contributed by atoms with Gasteiger partial charge in [-0.15, -0.1) is 0 Å². The van der Waals surface area contributed by atoms with Crippen molar-refractivity contribution >= 4 is 11.9 Å². The number of rotatable bonds is 6. The van der Waals surface area contributed by atoms with E-state index in [1.54, 1.807) is 0 Å². The highest BCUT2D eigenvalue weighted by Gasteiger charge is 2.29. The van der Waals surface area contributed by atoms with Gasteiger partial charge < -0.3 is 11.1 Å². The van der Waals surface area contributed by atoms with Gasteiger partial charge in [0, 0.05) is 6.04 Å². The van der Waals surface area contributed by atoms with Crippen LogP contribution < -0.4 is 16.4 Å². The van der Waals surface area contributed by atoms with Gasteiger partial charge in [0.25, 0.3) is 0 Å². The largest absolute Gasteiger partial charge is 0.351 e. The monoisotopic (exact) mass is 284 g/mol. The van der Waals surface area contributed by atoms with Crippen LogP contribution in [0.15, 0.2) is 0 Å². The number of amides is 3. The summed E-state index contributed by atoms with van der Waals surface area (Å²) in [6.45, 7) is 9.04. The van der Waals surface area contributed by atoms with Gasteiger partial charge in [-0.25, -0.2) is 4.79 Å². The molecule has 1 rings (SSSR count). The van der Waals surface area contributed by atoms with Crippen molar-refractivity contribution in [3.8, 4) is 0 Å². The number of likely N-dealkylation sites (tertiary alicyclic amines) is 1. The third kappa shape index (κ3) is 5.09. The molecule has 0 radical (unpaired) electrons. The fraction of sp³-hybridized carbons (Fsp3) is 0.857. The Hall–Kier alpha value is -1.14. The van der Waals surface area contributed by atoms with Crippen LogP contribution in [-0.2, 0) is 4.79 Å². The van der Waals surface area contributed by atoms with E-state index >= 15 is 0 Å². The quantitative estimate of drug-likeness (QED) is 0.669. The predicted octanol–water partition coefficient (Wildman–Crippen LogP) is 0.670. The Bertz CT molecular complexity index is 327. The minimum Gasteiger partial charge on any atom is -0.351 e. The number of imide groups is 1. The molecule has 1 saturated heterocycles. The van der Waals surface area contributed by atoms with E-state index < -0.39 is 6.03 Å². The second-order valence-electron chi connectivity index (χ2n) is 5.65. The Morgan fingerprint density at radius 2 is 1.90 bits per heavy atom. The maximum absolute atomic E-state index is 11.7. The zero-order valence-electron chi connectivity index (χ0n) is 12.8. The smallest absolute Gasteiger partial charge is 0.318 e. The average molecular weight is 284 g/mol. The lowest BCUT2D eigenvalue weighted by Crippen LogP contribution is -2.52. The maximum Gasteiger partial charge on any atom is 0.318 e. The molecule has 3 amide bonds. The standard InChI is InChI=1S/C14H28N4O2/c1-4-7-16-10(2)12-5-8-18(9-6-12)11(3)13(19)17-14(15)20/h10-12,16H,4-9H2,1-3H3,(H3,15,17,19,20). The SMILES string of the molecule is CCCNC(C)C1CCN(C(C)C(=O)NC(N)=O)CC1. The molecule has 6 nitrogen and oxygen atoms in total. The van der Waals surface area contributed by atoms with Crippen molar-refractivity contribution in [1.82, 2.24) is 15.5 Å². The van der Waals surface area contributed by atoms with E-state index in [0.717, 1.165) is 38.9 Å². The van der Waals surface area contributed by atoms with Crippen LogP contribution in [-0.4, -0.2) is 48.6 Å². The topological polar surface area (TPSA) is 87.5 Å². The lowest BCUT2D eigenvalue weighted by Gasteiger charge is -2.37. The first kappa shape index (κ1) is 16.9. The summed E-state index contributed by atoms with van der Waals surface area (Å²) in [6, 6.07) is -0.566. The minimum absolute atomic E-state index is 0.303. The van der Waals surface area contributed by atoms with E-state index in [1.807, 2.05) is 6.92 Å². The van der Waals surface area contributed by atoms with E-state index in [1.165, 1.54) is 0 Å². The lowest BCUT2D eigenvalue weighted by molar-refractivity contribution is -0.125. The molecule has 0 saturated carbocycles. The molecule has 2 atom stereocenters. The highest BCUT2D eigenvalue weighted by Crippen LogP contribution is 2.22. The number of carbonyl (C=O) groups is 2. The summed E-state index contributed by atoms with van der Waals surface area (Å²) in [7, 11) is 0. The Kier molecular flexibility index (Phi) is 6.95. The van der Waals surface area contributed by atoms with Crippen LogP contribution >= 0.6 is 0 Å². The molecule has 1 fully saturated rings. The zero-order chi connectivity index (χ0) is 15.1. The molecule has 2 unspecified atom stereocenters. The highest BCUT2D eigenvalue weighted by molar-refractivity contribution is 5.96. The molecule has 0 spiro atoms. The van der Waals surface area contributed by atoms with E-state index in [-0.39, 0.29) is 11.9 Å². The number of nitrogens with one attached hydrogen (secondary N) is 2. The van der Waals surface area contributed by atoms with Crippen molar-refractivity contribution < 1.29 is 9.59 Å².